The van der Waals surface area contributed by atoms with E-state index < -0.39 is 0 Å². The molecule has 0 heterocycles. The smallest absolute Gasteiger partial charge is 0.0647 e. The predicted molar refractivity (Wildman–Crippen MR) is 82.4 cm³/mol. The molecule has 1 unspecified atom stereocenters. The molecule has 0 radical (unpaired) electrons. The monoisotopic (exact) mass is 302 g/mol. The van der Waals surface area contributed by atoms with Gasteiger partial charge in [-0.2, -0.15) is 0 Å². The lowest BCUT2D eigenvalue weighted by molar-refractivity contribution is 0.920. The quantitative estimate of drug-likeness (QED) is 0.660. The normalized spacial score (nSPS) is 12.4. The fourth-order valence-corrected chi connectivity index (χ4v) is 3.01. The molecular weight excluding hydrogens is 284 g/mol. The van der Waals surface area contributed by atoms with Crippen LogP contribution in [0.2, 0.25) is 0 Å². The molecule has 1 heteroatoms. The Morgan fingerprint density at radius 1 is 1.00 bits per heavy atom. The van der Waals surface area contributed by atoms with Crippen LogP contribution in [0.3, 0.4) is 0 Å². The van der Waals surface area contributed by atoms with Crippen molar-refractivity contribution in [2.45, 2.75) is 31.5 Å². The Hall–Kier alpha value is -1.08. The summed E-state index contributed by atoms with van der Waals surface area (Å²) in [6.07, 6.45) is 2.37. The molecule has 0 fully saturated rings. The molecule has 0 spiro atoms. The number of rotatable bonds is 4. The maximum atomic E-state index is 3.81. The highest BCUT2D eigenvalue weighted by Gasteiger charge is 2.11. The summed E-state index contributed by atoms with van der Waals surface area (Å²) in [7, 11) is 0. The molecule has 0 nitrogen and oxygen atoms in total. The van der Waals surface area contributed by atoms with Crippen LogP contribution in [0.1, 0.15) is 40.4 Å². The zero-order valence-electron chi connectivity index (χ0n) is 11.0. The van der Waals surface area contributed by atoms with E-state index in [4.69, 9.17) is 0 Å². The highest BCUT2D eigenvalue weighted by molar-refractivity contribution is 9.09. The van der Waals surface area contributed by atoms with Crippen LogP contribution in [0.4, 0.5) is 0 Å². The number of aryl methyl sites for hydroxylation is 2. The van der Waals surface area contributed by atoms with Crippen LogP contribution in [0.25, 0.3) is 0 Å². The largest absolute Gasteiger partial charge is 0.0786 e. The van der Waals surface area contributed by atoms with Crippen LogP contribution in [-0.2, 0) is 6.42 Å². The Labute approximate surface area is 118 Å². The lowest BCUT2D eigenvalue weighted by atomic mass is 9.99. The molecule has 94 valence electrons. The minimum absolute atomic E-state index is 0.286. The van der Waals surface area contributed by atoms with Gasteiger partial charge < -0.3 is 0 Å². The van der Waals surface area contributed by atoms with Gasteiger partial charge in [0, 0.05) is 0 Å². The summed E-state index contributed by atoms with van der Waals surface area (Å²) in [5, 5.41) is 0. The van der Waals surface area contributed by atoms with E-state index in [1.165, 1.54) is 28.7 Å². The topological polar surface area (TPSA) is 0 Å². The number of halogens is 1. The van der Waals surface area contributed by atoms with E-state index in [0.717, 1.165) is 6.42 Å². The number of alkyl halides is 1. The number of hydrogen-bond donors (Lipinski definition) is 0. The van der Waals surface area contributed by atoms with Gasteiger partial charge in [-0.25, -0.2) is 0 Å². The summed E-state index contributed by atoms with van der Waals surface area (Å²) in [5.41, 5.74) is 5.42. The summed E-state index contributed by atoms with van der Waals surface area (Å²) < 4.78 is 0. The maximum absolute atomic E-state index is 3.81. The number of benzene rings is 2. The average molecular weight is 303 g/mol. The third-order valence-electron chi connectivity index (χ3n) is 3.27. The molecule has 2 rings (SSSR count). The van der Waals surface area contributed by atoms with Gasteiger partial charge in [-0.3, -0.25) is 0 Å². The Kier molecular flexibility index (Phi) is 4.60. The summed E-state index contributed by atoms with van der Waals surface area (Å²) >= 11 is 3.81. The summed E-state index contributed by atoms with van der Waals surface area (Å²) in [6.45, 7) is 4.38. The Morgan fingerprint density at radius 3 is 2.28 bits per heavy atom. The number of hydrogen-bond acceptors (Lipinski definition) is 0. The van der Waals surface area contributed by atoms with Gasteiger partial charge in [0.25, 0.3) is 0 Å². The molecule has 0 aromatic heterocycles. The van der Waals surface area contributed by atoms with Crippen molar-refractivity contribution in [1.82, 2.24) is 0 Å². The summed E-state index contributed by atoms with van der Waals surface area (Å²) in [4.78, 5) is 0.286. The molecule has 0 amide bonds. The predicted octanol–water partition coefficient (Wildman–Crippen LogP) is 5.43. The van der Waals surface area contributed by atoms with Crippen molar-refractivity contribution in [1.29, 1.82) is 0 Å². The Balaban J connectivity index is 2.23. The standard InChI is InChI=1S/C17H19Br/c1-3-6-14-9-11-15(12-10-14)17(18)16-8-5-4-7-13(16)2/h4-5,7-12,17H,3,6H2,1-2H3. The van der Waals surface area contributed by atoms with E-state index in [2.05, 4.69) is 78.3 Å². The lowest BCUT2D eigenvalue weighted by Gasteiger charge is -2.14. The van der Waals surface area contributed by atoms with Crippen LogP contribution in [0.5, 0.6) is 0 Å². The fourth-order valence-electron chi connectivity index (χ4n) is 2.19. The van der Waals surface area contributed by atoms with Crippen molar-refractivity contribution in [3.8, 4) is 0 Å². The van der Waals surface area contributed by atoms with Crippen LogP contribution >= 0.6 is 15.9 Å². The van der Waals surface area contributed by atoms with E-state index in [1.807, 2.05) is 0 Å². The summed E-state index contributed by atoms with van der Waals surface area (Å²) in [6, 6.07) is 17.5. The molecule has 1 atom stereocenters. The van der Waals surface area contributed by atoms with E-state index in [9.17, 15) is 0 Å². The van der Waals surface area contributed by atoms with Crippen molar-refractivity contribution >= 4 is 15.9 Å². The average Bonchev–Trinajstić information content (AvgIpc) is 2.40. The van der Waals surface area contributed by atoms with E-state index in [0.29, 0.717) is 0 Å². The first-order chi connectivity index (χ1) is 8.72. The zero-order chi connectivity index (χ0) is 13.0. The molecule has 0 saturated carbocycles. The van der Waals surface area contributed by atoms with Crippen molar-refractivity contribution < 1.29 is 0 Å². The van der Waals surface area contributed by atoms with Crippen LogP contribution < -0.4 is 0 Å². The van der Waals surface area contributed by atoms with E-state index in [-0.39, 0.29) is 4.83 Å². The first-order valence-electron chi connectivity index (χ1n) is 6.50. The third-order valence-corrected chi connectivity index (χ3v) is 4.29. The van der Waals surface area contributed by atoms with Gasteiger partial charge in [0.1, 0.15) is 0 Å². The second kappa shape index (κ2) is 6.19. The highest BCUT2D eigenvalue weighted by Crippen LogP contribution is 2.32. The molecule has 0 bridgehead atoms. The fraction of sp³-hybridized carbons (Fsp3) is 0.294. The molecule has 0 N–H and O–H groups in total. The Bertz CT molecular complexity index is 499. The zero-order valence-corrected chi connectivity index (χ0v) is 12.6. The third kappa shape index (κ3) is 3.02. The first kappa shape index (κ1) is 13.4. The molecular formula is C17H19Br. The van der Waals surface area contributed by atoms with Gasteiger partial charge in [0.15, 0.2) is 0 Å². The van der Waals surface area contributed by atoms with Crippen molar-refractivity contribution in [3.05, 3.63) is 70.8 Å². The summed E-state index contributed by atoms with van der Waals surface area (Å²) in [5.74, 6) is 0. The lowest BCUT2D eigenvalue weighted by Crippen LogP contribution is -1.96. The van der Waals surface area contributed by atoms with Crippen molar-refractivity contribution in [2.75, 3.05) is 0 Å². The van der Waals surface area contributed by atoms with Gasteiger partial charge in [-0.05, 0) is 35.6 Å². The van der Waals surface area contributed by atoms with E-state index in [1.54, 1.807) is 0 Å². The molecule has 0 aliphatic rings. The first-order valence-corrected chi connectivity index (χ1v) is 7.42. The second-order valence-electron chi connectivity index (χ2n) is 4.71. The van der Waals surface area contributed by atoms with Gasteiger partial charge in [-0.15, -0.1) is 0 Å². The van der Waals surface area contributed by atoms with Crippen LogP contribution in [0, 0.1) is 6.92 Å². The van der Waals surface area contributed by atoms with Crippen molar-refractivity contribution in [3.63, 3.8) is 0 Å². The van der Waals surface area contributed by atoms with E-state index >= 15 is 0 Å². The van der Waals surface area contributed by atoms with Crippen molar-refractivity contribution in [2.24, 2.45) is 0 Å². The highest BCUT2D eigenvalue weighted by atomic mass is 79.9. The minimum atomic E-state index is 0.286. The SMILES string of the molecule is CCCc1ccc(C(Br)c2ccccc2C)cc1. The van der Waals surface area contributed by atoms with Gasteiger partial charge in [0.2, 0.25) is 0 Å². The molecule has 18 heavy (non-hydrogen) atoms. The Morgan fingerprint density at radius 2 is 1.67 bits per heavy atom. The second-order valence-corrected chi connectivity index (χ2v) is 5.63. The molecule has 0 aliphatic carbocycles. The minimum Gasteiger partial charge on any atom is -0.0786 e. The molecule has 0 aliphatic heterocycles. The van der Waals surface area contributed by atoms with Crippen LogP contribution in [0.15, 0.2) is 48.5 Å². The van der Waals surface area contributed by atoms with Gasteiger partial charge in [0.05, 0.1) is 4.83 Å². The van der Waals surface area contributed by atoms with Gasteiger partial charge in [-0.1, -0.05) is 77.8 Å². The molecule has 2 aromatic rings. The van der Waals surface area contributed by atoms with Crippen LogP contribution in [-0.4, -0.2) is 0 Å². The van der Waals surface area contributed by atoms with Gasteiger partial charge >= 0.3 is 0 Å². The molecule has 2 aromatic carbocycles. The maximum Gasteiger partial charge on any atom is 0.0647 e. The molecule has 0 saturated heterocycles.